The summed E-state index contributed by atoms with van der Waals surface area (Å²) in [5.41, 5.74) is 1.05. The van der Waals surface area contributed by atoms with E-state index in [2.05, 4.69) is 67.1 Å². The van der Waals surface area contributed by atoms with E-state index in [-0.39, 0.29) is 6.10 Å². The average molecular weight is 398 g/mol. The number of aliphatic imine (C=N–C) groups is 1. The molecule has 0 aromatic carbocycles. The van der Waals surface area contributed by atoms with Gasteiger partial charge in [0.25, 0.3) is 0 Å². The van der Waals surface area contributed by atoms with E-state index >= 15 is 0 Å². The van der Waals surface area contributed by atoms with Crippen LogP contribution in [0.4, 0.5) is 0 Å². The van der Waals surface area contributed by atoms with E-state index in [0.717, 1.165) is 49.3 Å². The summed E-state index contributed by atoms with van der Waals surface area (Å²) in [7, 11) is 3.78. The zero-order valence-electron chi connectivity index (χ0n) is 18.5. The molecule has 0 saturated heterocycles. The number of hydrogen-bond donors (Lipinski definition) is 1. The monoisotopic (exact) mass is 397 g/mol. The third kappa shape index (κ3) is 8.15. The lowest BCUT2D eigenvalue weighted by atomic mass is 10.2. The number of guanidine groups is 1. The van der Waals surface area contributed by atoms with E-state index < -0.39 is 0 Å². The van der Waals surface area contributed by atoms with Gasteiger partial charge in [-0.25, -0.2) is 4.98 Å². The highest BCUT2D eigenvalue weighted by atomic mass is 32.1. The van der Waals surface area contributed by atoms with Gasteiger partial charge in [0.2, 0.25) is 0 Å². The minimum Gasteiger partial charge on any atom is -0.375 e. The summed E-state index contributed by atoms with van der Waals surface area (Å²) in [6, 6.07) is 1.14. The van der Waals surface area contributed by atoms with Gasteiger partial charge in [-0.15, -0.1) is 11.3 Å². The molecule has 0 radical (unpaired) electrons. The van der Waals surface area contributed by atoms with Gasteiger partial charge < -0.3 is 15.0 Å². The van der Waals surface area contributed by atoms with E-state index in [1.54, 1.807) is 18.4 Å². The molecule has 27 heavy (non-hydrogen) atoms. The summed E-state index contributed by atoms with van der Waals surface area (Å²) >= 11 is 1.65. The van der Waals surface area contributed by atoms with Gasteiger partial charge in [0.1, 0.15) is 11.1 Å². The van der Waals surface area contributed by atoms with Gasteiger partial charge in [-0.3, -0.25) is 9.89 Å². The lowest BCUT2D eigenvalue weighted by Crippen LogP contribution is -2.39. The average Bonchev–Trinajstić information content (AvgIpc) is 3.07. The van der Waals surface area contributed by atoms with Crippen LogP contribution in [0.15, 0.2) is 10.4 Å². The van der Waals surface area contributed by atoms with E-state index in [9.17, 15) is 0 Å². The Hall–Kier alpha value is -1.18. The molecule has 1 aromatic rings. The second-order valence-electron chi connectivity index (χ2n) is 7.43. The molecule has 0 aliphatic heterocycles. The summed E-state index contributed by atoms with van der Waals surface area (Å²) in [6.07, 6.45) is 1.10. The molecule has 0 aliphatic rings. The van der Waals surface area contributed by atoms with Gasteiger partial charge in [0, 0.05) is 51.3 Å². The molecule has 1 aromatic heterocycles. The zero-order valence-corrected chi connectivity index (χ0v) is 19.3. The van der Waals surface area contributed by atoms with Crippen LogP contribution >= 0.6 is 11.3 Å². The Kier molecular flexibility index (Phi) is 10.9. The van der Waals surface area contributed by atoms with Crippen molar-refractivity contribution in [3.05, 3.63) is 16.1 Å². The van der Waals surface area contributed by atoms with Crippen LogP contribution in [0.5, 0.6) is 0 Å². The van der Waals surface area contributed by atoms with E-state index in [1.807, 2.05) is 6.92 Å². The van der Waals surface area contributed by atoms with Crippen LogP contribution < -0.4 is 5.32 Å². The first-order valence-electron chi connectivity index (χ1n) is 10.0. The Morgan fingerprint density at radius 2 is 1.93 bits per heavy atom. The maximum absolute atomic E-state index is 5.35. The zero-order chi connectivity index (χ0) is 20.4. The van der Waals surface area contributed by atoms with Gasteiger partial charge >= 0.3 is 0 Å². The van der Waals surface area contributed by atoms with Crippen LogP contribution in [-0.4, -0.2) is 66.6 Å². The number of aromatic nitrogens is 1. The number of nitrogens with zero attached hydrogens (tertiary/aromatic N) is 4. The van der Waals surface area contributed by atoms with Crippen molar-refractivity contribution < 1.29 is 4.74 Å². The largest absolute Gasteiger partial charge is 0.375 e. The first kappa shape index (κ1) is 23.9. The Bertz CT molecular complexity index is 550. The van der Waals surface area contributed by atoms with Crippen LogP contribution in [0, 0.1) is 0 Å². The molecule has 0 saturated carbocycles. The van der Waals surface area contributed by atoms with Gasteiger partial charge in [0.15, 0.2) is 5.96 Å². The molecule has 0 spiro atoms. The number of thiazole rings is 1. The lowest BCUT2D eigenvalue weighted by molar-refractivity contribution is 0.119. The summed E-state index contributed by atoms with van der Waals surface area (Å²) in [4.78, 5) is 14.2. The van der Waals surface area contributed by atoms with Crippen LogP contribution in [0.3, 0.4) is 0 Å². The Morgan fingerprint density at radius 3 is 2.48 bits per heavy atom. The predicted molar refractivity (Wildman–Crippen MR) is 117 cm³/mol. The Balaban J connectivity index is 2.62. The highest BCUT2D eigenvalue weighted by Crippen LogP contribution is 2.20. The Morgan fingerprint density at radius 1 is 1.26 bits per heavy atom. The normalized spacial score (nSPS) is 13.7. The van der Waals surface area contributed by atoms with Crippen LogP contribution in [0.2, 0.25) is 0 Å². The van der Waals surface area contributed by atoms with Gasteiger partial charge in [-0.2, -0.15) is 0 Å². The fourth-order valence-electron chi connectivity index (χ4n) is 3.02. The minimum absolute atomic E-state index is 0.0424. The number of nitrogens with one attached hydrogen (secondary N) is 1. The van der Waals surface area contributed by atoms with Gasteiger partial charge in [-0.05, 0) is 48.0 Å². The fourth-order valence-corrected chi connectivity index (χ4v) is 3.86. The summed E-state index contributed by atoms with van der Waals surface area (Å²) in [5.74, 6) is 0.937. The quantitative estimate of drug-likeness (QED) is 0.350. The maximum atomic E-state index is 5.35. The number of methoxy groups -OCH3 is 1. The SMILES string of the molecule is CCNC(=NCCCN(C(C)C)C(C)C)N(C)Cc1csc(C(C)OC)n1. The van der Waals surface area contributed by atoms with Crippen molar-refractivity contribution in [3.63, 3.8) is 0 Å². The van der Waals surface area contributed by atoms with Crippen molar-refractivity contribution in [2.45, 2.75) is 72.7 Å². The van der Waals surface area contributed by atoms with E-state index in [4.69, 9.17) is 9.73 Å². The van der Waals surface area contributed by atoms with Crippen LogP contribution in [-0.2, 0) is 11.3 Å². The molecule has 1 rings (SSSR count). The Labute approximate surface area is 170 Å². The number of rotatable bonds is 11. The van der Waals surface area contributed by atoms with Crippen LogP contribution in [0.25, 0.3) is 0 Å². The molecule has 0 bridgehead atoms. The summed E-state index contributed by atoms with van der Waals surface area (Å²) in [6.45, 7) is 16.7. The molecule has 156 valence electrons. The van der Waals surface area contributed by atoms with Crippen molar-refractivity contribution in [2.75, 3.05) is 33.8 Å². The van der Waals surface area contributed by atoms with Crippen molar-refractivity contribution in [1.82, 2.24) is 20.1 Å². The van der Waals surface area contributed by atoms with Crippen molar-refractivity contribution in [1.29, 1.82) is 0 Å². The van der Waals surface area contributed by atoms with Crippen molar-refractivity contribution in [3.8, 4) is 0 Å². The number of ether oxygens (including phenoxy) is 1. The maximum Gasteiger partial charge on any atom is 0.194 e. The predicted octanol–water partition coefficient (Wildman–Crippen LogP) is 3.76. The molecule has 0 fully saturated rings. The molecule has 1 atom stereocenters. The van der Waals surface area contributed by atoms with Gasteiger partial charge in [0.05, 0.1) is 12.2 Å². The smallest absolute Gasteiger partial charge is 0.194 e. The number of hydrogen-bond acceptors (Lipinski definition) is 5. The third-order valence-corrected chi connectivity index (χ3v) is 5.58. The molecule has 6 nitrogen and oxygen atoms in total. The van der Waals surface area contributed by atoms with Crippen LogP contribution in [0.1, 0.15) is 64.8 Å². The molecule has 1 heterocycles. The lowest BCUT2D eigenvalue weighted by Gasteiger charge is -2.30. The molecule has 0 aliphatic carbocycles. The molecule has 1 N–H and O–H groups in total. The van der Waals surface area contributed by atoms with Gasteiger partial charge in [-0.1, -0.05) is 0 Å². The first-order chi connectivity index (χ1) is 12.8. The topological polar surface area (TPSA) is 53.0 Å². The molecule has 0 amide bonds. The standard InChI is InChI=1S/C20H39N5OS/c1-9-21-20(22-11-10-12-25(15(2)3)16(4)5)24(7)13-18-14-27-19(23-18)17(6)26-8/h14-17H,9-13H2,1-8H3,(H,21,22). The second-order valence-corrected chi connectivity index (χ2v) is 8.32. The second kappa shape index (κ2) is 12.3. The summed E-state index contributed by atoms with van der Waals surface area (Å²) in [5, 5.41) is 6.51. The molecule has 1 unspecified atom stereocenters. The fraction of sp³-hybridized carbons (Fsp3) is 0.800. The highest BCUT2D eigenvalue weighted by molar-refractivity contribution is 7.09. The molecular weight excluding hydrogens is 358 g/mol. The molecule has 7 heteroatoms. The van der Waals surface area contributed by atoms with E-state index in [0.29, 0.717) is 12.1 Å². The van der Waals surface area contributed by atoms with Crippen molar-refractivity contribution >= 4 is 17.3 Å². The van der Waals surface area contributed by atoms with Crippen molar-refractivity contribution in [2.24, 2.45) is 4.99 Å². The molecular formula is C20H39N5OS. The minimum atomic E-state index is 0.0424. The first-order valence-corrected chi connectivity index (χ1v) is 10.9. The highest BCUT2D eigenvalue weighted by Gasteiger charge is 2.14. The third-order valence-electron chi connectivity index (χ3n) is 4.53. The van der Waals surface area contributed by atoms with E-state index in [1.165, 1.54) is 0 Å². The summed E-state index contributed by atoms with van der Waals surface area (Å²) < 4.78 is 5.35.